The number of rotatable bonds is 6. The first kappa shape index (κ1) is 16.9. The largest absolute Gasteiger partial charge is 0.489 e. The van der Waals surface area contributed by atoms with Gasteiger partial charge in [0.2, 0.25) is 5.91 Å². The molecule has 0 unspecified atom stereocenters. The van der Waals surface area contributed by atoms with Crippen LogP contribution in [0.15, 0.2) is 28.9 Å². The number of hydrogen-bond donors (Lipinski definition) is 2. The van der Waals surface area contributed by atoms with Crippen molar-refractivity contribution in [3.63, 3.8) is 0 Å². The average molecular weight is 383 g/mol. The Morgan fingerprint density at radius 3 is 2.78 bits per heavy atom. The number of ether oxygens (including phenoxy) is 1. The van der Waals surface area contributed by atoms with Crippen LogP contribution < -0.4 is 10.1 Å². The van der Waals surface area contributed by atoms with Crippen molar-refractivity contribution in [1.82, 2.24) is 15.0 Å². The van der Waals surface area contributed by atoms with Gasteiger partial charge in [0.15, 0.2) is 5.69 Å². The van der Waals surface area contributed by atoms with Gasteiger partial charge < -0.3 is 15.2 Å². The van der Waals surface area contributed by atoms with Crippen LogP contribution in [0.4, 0.5) is 5.69 Å². The molecule has 0 fully saturated rings. The summed E-state index contributed by atoms with van der Waals surface area (Å²) in [6.07, 6.45) is 1.15. The zero-order valence-corrected chi connectivity index (χ0v) is 14.1. The Kier molecular flexibility index (Phi) is 5.32. The average Bonchev–Trinajstić information content (AvgIpc) is 2.90. The van der Waals surface area contributed by atoms with Crippen molar-refractivity contribution in [3.05, 3.63) is 34.6 Å². The second-order valence-electron chi connectivity index (χ2n) is 4.96. The topological polar surface area (TPSA) is 106 Å². The SMILES string of the molecule is CC(C)Oc1ccc(Br)cc1NC(=O)Cn1cc(C(=O)O)nn1. The number of nitrogens with one attached hydrogen (secondary N) is 1. The van der Waals surface area contributed by atoms with E-state index in [0.29, 0.717) is 11.4 Å². The smallest absolute Gasteiger partial charge is 0.358 e. The predicted octanol–water partition coefficient (Wildman–Crippen LogP) is 2.16. The molecular formula is C14H15BrN4O4. The van der Waals surface area contributed by atoms with Crippen molar-refractivity contribution >= 4 is 33.5 Å². The van der Waals surface area contributed by atoms with Crippen molar-refractivity contribution in [2.45, 2.75) is 26.5 Å². The number of carbonyl (C=O) groups is 2. The maximum absolute atomic E-state index is 12.1. The maximum Gasteiger partial charge on any atom is 0.358 e. The predicted molar refractivity (Wildman–Crippen MR) is 85.5 cm³/mol. The number of amides is 1. The normalized spacial score (nSPS) is 10.6. The van der Waals surface area contributed by atoms with E-state index in [4.69, 9.17) is 9.84 Å². The first-order chi connectivity index (χ1) is 10.8. The van der Waals surface area contributed by atoms with Crippen LogP contribution in [0.3, 0.4) is 0 Å². The first-order valence-electron chi connectivity index (χ1n) is 6.74. The summed E-state index contributed by atoms with van der Waals surface area (Å²) in [4.78, 5) is 22.8. The summed E-state index contributed by atoms with van der Waals surface area (Å²) in [5, 5.41) is 18.5. The van der Waals surface area contributed by atoms with Crippen LogP contribution in [0.2, 0.25) is 0 Å². The van der Waals surface area contributed by atoms with Gasteiger partial charge in [0.25, 0.3) is 0 Å². The number of carboxylic acids is 1. The molecule has 0 atom stereocenters. The third-order valence-electron chi connectivity index (χ3n) is 2.64. The molecule has 1 heterocycles. The van der Waals surface area contributed by atoms with Gasteiger partial charge in [-0.25, -0.2) is 9.48 Å². The molecule has 8 nitrogen and oxygen atoms in total. The van der Waals surface area contributed by atoms with Crippen LogP contribution in [0.1, 0.15) is 24.3 Å². The summed E-state index contributed by atoms with van der Waals surface area (Å²) in [6, 6.07) is 5.28. The van der Waals surface area contributed by atoms with Crippen LogP contribution in [0.5, 0.6) is 5.75 Å². The van der Waals surface area contributed by atoms with Crippen molar-refractivity contribution < 1.29 is 19.4 Å². The summed E-state index contributed by atoms with van der Waals surface area (Å²) in [5.74, 6) is -1.03. The van der Waals surface area contributed by atoms with Gasteiger partial charge >= 0.3 is 5.97 Å². The van der Waals surface area contributed by atoms with Crippen molar-refractivity contribution in [3.8, 4) is 5.75 Å². The molecule has 0 aliphatic rings. The Morgan fingerprint density at radius 2 is 2.17 bits per heavy atom. The van der Waals surface area contributed by atoms with E-state index in [9.17, 15) is 9.59 Å². The van der Waals surface area contributed by atoms with E-state index in [1.807, 2.05) is 19.9 Å². The summed E-state index contributed by atoms with van der Waals surface area (Å²) >= 11 is 3.34. The molecule has 0 spiro atoms. The van der Waals surface area contributed by atoms with Gasteiger partial charge in [0, 0.05) is 4.47 Å². The Balaban J connectivity index is 2.09. The van der Waals surface area contributed by atoms with Crippen LogP contribution in [-0.2, 0) is 11.3 Å². The second kappa shape index (κ2) is 7.23. The summed E-state index contributed by atoms with van der Waals surface area (Å²) < 4.78 is 7.58. The van der Waals surface area contributed by atoms with Crippen molar-refractivity contribution in [1.29, 1.82) is 0 Å². The summed E-state index contributed by atoms with van der Waals surface area (Å²) in [5.41, 5.74) is 0.292. The highest BCUT2D eigenvalue weighted by Crippen LogP contribution is 2.29. The zero-order chi connectivity index (χ0) is 17.0. The molecule has 0 aliphatic heterocycles. The number of carboxylic acid groups (broad SMARTS) is 1. The van der Waals surface area contributed by atoms with Gasteiger partial charge in [-0.2, -0.15) is 0 Å². The molecule has 0 saturated heterocycles. The van der Waals surface area contributed by atoms with Gasteiger partial charge in [-0.05, 0) is 32.0 Å². The van der Waals surface area contributed by atoms with E-state index in [2.05, 4.69) is 31.6 Å². The minimum atomic E-state index is -1.20. The van der Waals surface area contributed by atoms with Crippen molar-refractivity contribution in [2.75, 3.05) is 5.32 Å². The van der Waals surface area contributed by atoms with Crippen LogP contribution in [0, 0.1) is 0 Å². The fourth-order valence-electron chi connectivity index (χ4n) is 1.77. The first-order valence-corrected chi connectivity index (χ1v) is 7.54. The molecule has 1 aromatic carbocycles. The molecule has 0 saturated carbocycles. The third kappa shape index (κ3) is 4.78. The lowest BCUT2D eigenvalue weighted by Gasteiger charge is -2.15. The lowest BCUT2D eigenvalue weighted by molar-refractivity contribution is -0.117. The molecule has 1 amide bonds. The molecule has 122 valence electrons. The summed E-state index contributed by atoms with van der Waals surface area (Å²) in [7, 11) is 0. The second-order valence-corrected chi connectivity index (χ2v) is 5.88. The Hall–Kier alpha value is -2.42. The Labute approximate surface area is 140 Å². The van der Waals surface area contributed by atoms with E-state index in [0.717, 1.165) is 9.15 Å². The van der Waals surface area contributed by atoms with Gasteiger partial charge in [-0.1, -0.05) is 21.1 Å². The Morgan fingerprint density at radius 1 is 1.43 bits per heavy atom. The standard InChI is InChI=1S/C14H15BrN4O4/c1-8(2)23-12-4-3-9(15)5-10(12)16-13(20)7-19-6-11(14(21)22)17-18-19/h3-6,8H,7H2,1-2H3,(H,16,20)(H,21,22). The van der Waals surface area contributed by atoms with E-state index >= 15 is 0 Å². The van der Waals surface area contributed by atoms with E-state index in [1.165, 1.54) is 6.20 Å². The molecule has 9 heteroatoms. The lowest BCUT2D eigenvalue weighted by Crippen LogP contribution is -2.20. The number of carbonyl (C=O) groups excluding carboxylic acids is 1. The van der Waals surface area contributed by atoms with E-state index in [1.54, 1.807) is 12.1 Å². The number of hydrogen-bond acceptors (Lipinski definition) is 5. The number of aromatic nitrogens is 3. The molecular weight excluding hydrogens is 368 g/mol. The molecule has 2 rings (SSSR count). The number of benzene rings is 1. The van der Waals surface area contributed by atoms with Crippen molar-refractivity contribution in [2.24, 2.45) is 0 Å². The fourth-order valence-corrected chi connectivity index (χ4v) is 2.13. The number of aromatic carboxylic acids is 1. The van der Waals surface area contributed by atoms with E-state index in [-0.39, 0.29) is 24.2 Å². The highest BCUT2D eigenvalue weighted by molar-refractivity contribution is 9.10. The molecule has 0 aliphatic carbocycles. The van der Waals surface area contributed by atoms with Gasteiger partial charge in [-0.3, -0.25) is 4.79 Å². The Bertz CT molecular complexity index is 729. The molecule has 1 aromatic heterocycles. The molecule has 23 heavy (non-hydrogen) atoms. The third-order valence-corrected chi connectivity index (χ3v) is 3.13. The summed E-state index contributed by atoms with van der Waals surface area (Å²) in [6.45, 7) is 3.61. The number of nitrogens with zero attached hydrogens (tertiary/aromatic N) is 3. The molecule has 2 N–H and O–H groups in total. The van der Waals surface area contributed by atoms with Crippen LogP contribution in [0.25, 0.3) is 0 Å². The molecule has 0 bridgehead atoms. The zero-order valence-electron chi connectivity index (χ0n) is 12.5. The van der Waals surface area contributed by atoms with E-state index < -0.39 is 5.97 Å². The van der Waals surface area contributed by atoms with Crippen LogP contribution >= 0.6 is 15.9 Å². The quantitative estimate of drug-likeness (QED) is 0.792. The lowest BCUT2D eigenvalue weighted by atomic mass is 10.3. The van der Waals surface area contributed by atoms with Crippen LogP contribution in [-0.4, -0.2) is 38.1 Å². The van der Waals surface area contributed by atoms with Gasteiger partial charge in [-0.15, -0.1) is 5.10 Å². The highest BCUT2D eigenvalue weighted by Gasteiger charge is 2.13. The number of anilines is 1. The van der Waals surface area contributed by atoms with Gasteiger partial charge in [0.05, 0.1) is 18.0 Å². The molecule has 2 aromatic rings. The fraction of sp³-hybridized carbons (Fsp3) is 0.286. The monoisotopic (exact) mass is 382 g/mol. The highest BCUT2D eigenvalue weighted by atomic mass is 79.9. The minimum absolute atomic E-state index is 0.0414. The number of halogens is 1. The van der Waals surface area contributed by atoms with Gasteiger partial charge in [0.1, 0.15) is 12.3 Å². The maximum atomic E-state index is 12.1. The molecule has 0 radical (unpaired) electrons. The minimum Gasteiger partial charge on any atom is -0.489 e.